The zero-order valence-electron chi connectivity index (χ0n) is 18.3. The van der Waals surface area contributed by atoms with Crippen LogP contribution in [0.1, 0.15) is 21.5 Å². The Balaban J connectivity index is 1.67. The van der Waals surface area contributed by atoms with Crippen molar-refractivity contribution in [1.29, 1.82) is 0 Å². The van der Waals surface area contributed by atoms with Crippen molar-refractivity contribution in [2.75, 3.05) is 18.4 Å². The fraction of sp³-hybridized carbons (Fsp3) is 0.160. The van der Waals surface area contributed by atoms with E-state index >= 15 is 0 Å². The molecule has 0 aromatic heterocycles. The Morgan fingerprint density at radius 3 is 2.24 bits per heavy atom. The second-order valence-corrected chi connectivity index (χ2v) is 8.45. The largest absolute Gasteiger partial charge is 0.345 e. The van der Waals surface area contributed by atoms with Crippen molar-refractivity contribution in [2.45, 2.75) is 13.5 Å². The highest BCUT2D eigenvalue weighted by molar-refractivity contribution is 6.36. The number of aryl methyl sites for hydroxylation is 1. The summed E-state index contributed by atoms with van der Waals surface area (Å²) in [5, 5.41) is 5.70. The van der Waals surface area contributed by atoms with Crippen LogP contribution in [0.4, 0.5) is 10.1 Å². The summed E-state index contributed by atoms with van der Waals surface area (Å²) < 4.78 is 13.3. The van der Waals surface area contributed by atoms with E-state index in [1.165, 1.54) is 47.4 Å². The van der Waals surface area contributed by atoms with Gasteiger partial charge in [0, 0.05) is 17.3 Å². The minimum atomic E-state index is -0.542. The van der Waals surface area contributed by atoms with E-state index in [9.17, 15) is 18.8 Å². The normalized spacial score (nSPS) is 10.5. The minimum Gasteiger partial charge on any atom is -0.345 e. The molecule has 0 aliphatic carbocycles. The lowest BCUT2D eigenvalue weighted by molar-refractivity contribution is -0.124. The van der Waals surface area contributed by atoms with E-state index in [-0.39, 0.29) is 30.2 Å². The lowest BCUT2D eigenvalue weighted by atomic mass is 10.1. The van der Waals surface area contributed by atoms with Crippen molar-refractivity contribution in [1.82, 2.24) is 10.2 Å². The standard InChI is InChI=1S/C25H22Cl2FN3O3/c1-16-2-9-20(10-3-16)30-23(32)13-29-24(33)15-31(14-17-4-7-19(28)8-5-17)25(34)21-11-6-18(26)12-22(21)27/h2-12H,13-15H2,1H3,(H,29,33)(H,30,32). The van der Waals surface area contributed by atoms with Gasteiger partial charge in [-0.3, -0.25) is 14.4 Å². The summed E-state index contributed by atoms with van der Waals surface area (Å²) in [6, 6.07) is 17.2. The molecule has 3 rings (SSSR count). The Kier molecular flexibility index (Phi) is 8.62. The highest BCUT2D eigenvalue weighted by Crippen LogP contribution is 2.23. The highest BCUT2D eigenvalue weighted by atomic mass is 35.5. The molecule has 0 aliphatic rings. The third-order valence-electron chi connectivity index (χ3n) is 4.85. The molecule has 176 valence electrons. The number of rotatable bonds is 8. The van der Waals surface area contributed by atoms with Crippen molar-refractivity contribution in [3.63, 3.8) is 0 Å². The summed E-state index contributed by atoms with van der Waals surface area (Å²) in [6.45, 7) is 1.35. The zero-order valence-corrected chi connectivity index (χ0v) is 19.8. The van der Waals surface area contributed by atoms with Crippen molar-refractivity contribution in [3.8, 4) is 0 Å². The molecular formula is C25H22Cl2FN3O3. The van der Waals surface area contributed by atoms with E-state index in [2.05, 4.69) is 10.6 Å². The predicted octanol–water partition coefficient (Wildman–Crippen LogP) is 4.84. The summed E-state index contributed by atoms with van der Waals surface area (Å²) >= 11 is 12.1. The molecule has 0 saturated heterocycles. The molecule has 3 aromatic carbocycles. The van der Waals surface area contributed by atoms with E-state index in [0.29, 0.717) is 16.3 Å². The number of carbonyl (C=O) groups excluding carboxylic acids is 3. The summed E-state index contributed by atoms with van der Waals surface area (Å²) in [7, 11) is 0. The summed E-state index contributed by atoms with van der Waals surface area (Å²) in [4.78, 5) is 39.2. The van der Waals surface area contributed by atoms with Crippen LogP contribution < -0.4 is 10.6 Å². The van der Waals surface area contributed by atoms with Gasteiger partial charge in [0.1, 0.15) is 12.4 Å². The van der Waals surface area contributed by atoms with Crippen LogP contribution in [0.5, 0.6) is 0 Å². The average Bonchev–Trinajstić information content (AvgIpc) is 2.80. The molecule has 0 saturated carbocycles. The Morgan fingerprint density at radius 1 is 0.912 bits per heavy atom. The minimum absolute atomic E-state index is 0.0288. The molecule has 34 heavy (non-hydrogen) atoms. The van der Waals surface area contributed by atoms with E-state index < -0.39 is 23.5 Å². The van der Waals surface area contributed by atoms with Gasteiger partial charge in [-0.05, 0) is 55.0 Å². The van der Waals surface area contributed by atoms with E-state index in [0.717, 1.165) is 5.56 Å². The second kappa shape index (κ2) is 11.6. The number of halogens is 3. The first-order valence-electron chi connectivity index (χ1n) is 10.3. The van der Waals surface area contributed by atoms with Crippen LogP contribution in [0.15, 0.2) is 66.7 Å². The highest BCUT2D eigenvalue weighted by Gasteiger charge is 2.22. The molecule has 2 N–H and O–H groups in total. The molecule has 0 bridgehead atoms. The first-order valence-corrected chi connectivity index (χ1v) is 11.1. The molecule has 9 heteroatoms. The lowest BCUT2D eigenvalue weighted by Gasteiger charge is -2.23. The number of nitrogens with one attached hydrogen (secondary N) is 2. The Morgan fingerprint density at radius 2 is 1.59 bits per heavy atom. The SMILES string of the molecule is Cc1ccc(NC(=O)CNC(=O)CN(Cc2ccc(F)cc2)C(=O)c2ccc(Cl)cc2Cl)cc1. The molecule has 0 spiro atoms. The fourth-order valence-corrected chi connectivity index (χ4v) is 3.58. The van der Waals surface area contributed by atoms with Gasteiger partial charge >= 0.3 is 0 Å². The van der Waals surface area contributed by atoms with Crippen molar-refractivity contribution >= 4 is 46.6 Å². The molecule has 0 aliphatic heterocycles. The molecule has 0 atom stereocenters. The number of anilines is 1. The third-order valence-corrected chi connectivity index (χ3v) is 5.40. The van der Waals surface area contributed by atoms with Crippen molar-refractivity contribution in [3.05, 3.63) is 99.3 Å². The van der Waals surface area contributed by atoms with Gasteiger partial charge in [-0.1, -0.05) is 53.0 Å². The van der Waals surface area contributed by atoms with Gasteiger partial charge in [0.05, 0.1) is 17.1 Å². The van der Waals surface area contributed by atoms with Gasteiger partial charge < -0.3 is 15.5 Å². The summed E-state index contributed by atoms with van der Waals surface area (Å²) in [5.41, 5.74) is 2.44. The number of hydrogen-bond acceptors (Lipinski definition) is 3. The Bertz CT molecular complexity index is 1190. The van der Waals surface area contributed by atoms with Crippen molar-refractivity contribution < 1.29 is 18.8 Å². The second-order valence-electron chi connectivity index (χ2n) is 7.60. The number of carbonyl (C=O) groups is 3. The summed E-state index contributed by atoms with van der Waals surface area (Å²) in [5.74, 6) is -1.88. The lowest BCUT2D eigenvalue weighted by Crippen LogP contribution is -2.42. The molecule has 0 radical (unpaired) electrons. The number of nitrogens with zero attached hydrogens (tertiary/aromatic N) is 1. The maximum absolute atomic E-state index is 13.3. The third kappa shape index (κ3) is 7.30. The first kappa shape index (κ1) is 25.2. The van der Waals surface area contributed by atoms with Gasteiger partial charge in [0.25, 0.3) is 5.91 Å². The molecule has 3 amide bonds. The fourth-order valence-electron chi connectivity index (χ4n) is 3.09. The number of amides is 3. The Hall–Kier alpha value is -3.42. The van der Waals surface area contributed by atoms with E-state index in [1.54, 1.807) is 12.1 Å². The monoisotopic (exact) mass is 501 g/mol. The molecular weight excluding hydrogens is 480 g/mol. The van der Waals surface area contributed by atoms with E-state index in [1.807, 2.05) is 19.1 Å². The maximum Gasteiger partial charge on any atom is 0.256 e. The topological polar surface area (TPSA) is 78.5 Å². The quantitative estimate of drug-likeness (QED) is 0.463. The van der Waals surface area contributed by atoms with Gasteiger partial charge in [0.2, 0.25) is 11.8 Å². The van der Waals surface area contributed by atoms with Crippen LogP contribution >= 0.6 is 23.2 Å². The van der Waals surface area contributed by atoms with Crippen LogP contribution in [-0.4, -0.2) is 35.7 Å². The number of hydrogen-bond donors (Lipinski definition) is 2. The molecule has 3 aromatic rings. The predicted molar refractivity (Wildman–Crippen MR) is 130 cm³/mol. The average molecular weight is 502 g/mol. The molecule has 0 unspecified atom stereocenters. The van der Waals surface area contributed by atoms with Gasteiger partial charge in [-0.2, -0.15) is 0 Å². The smallest absolute Gasteiger partial charge is 0.256 e. The first-order chi connectivity index (χ1) is 16.2. The van der Waals surface area contributed by atoms with Gasteiger partial charge in [-0.25, -0.2) is 4.39 Å². The van der Waals surface area contributed by atoms with Crippen LogP contribution in [0, 0.1) is 12.7 Å². The number of benzene rings is 3. The van der Waals surface area contributed by atoms with Crippen LogP contribution in [-0.2, 0) is 16.1 Å². The van der Waals surface area contributed by atoms with Crippen LogP contribution in [0.25, 0.3) is 0 Å². The Labute approximate surface area is 206 Å². The molecule has 6 nitrogen and oxygen atoms in total. The van der Waals surface area contributed by atoms with Gasteiger partial charge in [0.15, 0.2) is 0 Å². The molecule has 0 heterocycles. The van der Waals surface area contributed by atoms with Gasteiger partial charge in [-0.15, -0.1) is 0 Å². The summed E-state index contributed by atoms with van der Waals surface area (Å²) in [6.07, 6.45) is 0. The van der Waals surface area contributed by atoms with E-state index in [4.69, 9.17) is 23.2 Å². The maximum atomic E-state index is 13.3. The van der Waals surface area contributed by atoms with Crippen LogP contribution in [0.3, 0.4) is 0 Å². The van der Waals surface area contributed by atoms with Crippen molar-refractivity contribution in [2.24, 2.45) is 0 Å². The van der Waals surface area contributed by atoms with Crippen LogP contribution in [0.2, 0.25) is 10.0 Å². The zero-order chi connectivity index (χ0) is 24.7. The molecule has 0 fully saturated rings.